The lowest BCUT2D eigenvalue weighted by atomic mass is 10.0. The van der Waals surface area contributed by atoms with Crippen molar-refractivity contribution in [2.45, 2.75) is 38.3 Å². The normalized spacial score (nSPS) is 21.2. The molecule has 2 fully saturated rings. The van der Waals surface area contributed by atoms with E-state index >= 15 is 0 Å². The van der Waals surface area contributed by atoms with Crippen LogP contribution < -0.4 is 0 Å². The zero-order chi connectivity index (χ0) is 19.6. The van der Waals surface area contributed by atoms with Crippen molar-refractivity contribution >= 4 is 18.1 Å². The van der Waals surface area contributed by atoms with E-state index in [9.17, 15) is 22.8 Å². The van der Waals surface area contributed by atoms with Gasteiger partial charge in [0.1, 0.15) is 6.61 Å². The van der Waals surface area contributed by atoms with Gasteiger partial charge in [-0.2, -0.15) is 0 Å². The van der Waals surface area contributed by atoms with E-state index in [1.165, 1.54) is 0 Å². The van der Waals surface area contributed by atoms with E-state index in [2.05, 4.69) is 0 Å². The summed E-state index contributed by atoms with van der Waals surface area (Å²) in [4.78, 5) is 27.6. The molecule has 0 radical (unpaired) electrons. The van der Waals surface area contributed by atoms with Gasteiger partial charge < -0.3 is 9.64 Å². The highest BCUT2D eigenvalue weighted by atomic mass is 19.2. The van der Waals surface area contributed by atoms with Crippen LogP contribution in [0.5, 0.6) is 0 Å². The molecule has 2 heterocycles. The molecule has 8 heteroatoms. The summed E-state index contributed by atoms with van der Waals surface area (Å²) in [5.41, 5.74) is -0.192. The Bertz CT molecular complexity index is 761. The third-order valence-corrected chi connectivity index (χ3v) is 5.11. The van der Waals surface area contributed by atoms with Crippen LogP contribution in [0.2, 0.25) is 0 Å². The maximum atomic E-state index is 13.6. The molecule has 2 aliphatic rings. The monoisotopic (exact) mass is 382 g/mol. The fourth-order valence-corrected chi connectivity index (χ4v) is 3.53. The van der Waals surface area contributed by atoms with Gasteiger partial charge in [-0.3, -0.25) is 9.69 Å². The standard InChI is InChI=1S/C19H21F3N2O3/c1-2-13-11-27-19(26)24(13)14-7-9-23(10-8-14)16(25)6-4-12-3-5-15(20)18(22)17(12)21/h3-6,13-14H,2,7-11H2,1H3. The number of hydrogen-bond acceptors (Lipinski definition) is 3. The van der Waals surface area contributed by atoms with Crippen molar-refractivity contribution < 1.29 is 27.5 Å². The molecule has 0 spiro atoms. The number of piperidine rings is 1. The molecule has 0 saturated carbocycles. The number of rotatable bonds is 4. The largest absolute Gasteiger partial charge is 0.447 e. The summed E-state index contributed by atoms with van der Waals surface area (Å²) in [6.45, 7) is 3.31. The molecule has 2 aliphatic heterocycles. The molecule has 5 nitrogen and oxygen atoms in total. The highest BCUT2D eigenvalue weighted by molar-refractivity contribution is 5.91. The molecule has 1 aromatic rings. The quantitative estimate of drug-likeness (QED) is 0.593. The van der Waals surface area contributed by atoms with Crippen molar-refractivity contribution in [1.82, 2.24) is 9.80 Å². The van der Waals surface area contributed by atoms with Crippen molar-refractivity contribution in [3.8, 4) is 0 Å². The Labute approximate surface area is 155 Å². The van der Waals surface area contributed by atoms with E-state index in [-0.39, 0.29) is 29.6 Å². The fraction of sp³-hybridized carbons (Fsp3) is 0.474. The summed E-state index contributed by atoms with van der Waals surface area (Å²) in [7, 11) is 0. The van der Waals surface area contributed by atoms with Gasteiger partial charge in [-0.25, -0.2) is 18.0 Å². The molecule has 3 rings (SSSR count). The van der Waals surface area contributed by atoms with E-state index in [4.69, 9.17) is 4.74 Å². The van der Waals surface area contributed by atoms with Crippen LogP contribution in [0.15, 0.2) is 18.2 Å². The predicted octanol–water partition coefficient (Wildman–Crippen LogP) is 3.34. The number of cyclic esters (lactones) is 1. The smallest absolute Gasteiger partial charge is 0.410 e. The summed E-state index contributed by atoms with van der Waals surface area (Å²) in [6, 6.07) is 1.99. The molecule has 1 unspecified atom stereocenters. The molecule has 2 saturated heterocycles. The first-order valence-electron chi connectivity index (χ1n) is 8.98. The number of hydrogen-bond donors (Lipinski definition) is 0. The van der Waals surface area contributed by atoms with Crippen LogP contribution >= 0.6 is 0 Å². The number of carbonyl (C=O) groups excluding carboxylic acids is 2. The van der Waals surface area contributed by atoms with E-state index in [0.29, 0.717) is 32.5 Å². The Kier molecular flexibility index (Phi) is 5.72. The second kappa shape index (κ2) is 8.02. The number of halogens is 3. The molecule has 0 bridgehead atoms. The zero-order valence-electron chi connectivity index (χ0n) is 15.0. The number of ether oxygens (including phenoxy) is 1. The Morgan fingerprint density at radius 1 is 1.22 bits per heavy atom. The lowest BCUT2D eigenvalue weighted by Crippen LogP contribution is -2.49. The van der Waals surface area contributed by atoms with Gasteiger partial charge in [-0.15, -0.1) is 0 Å². The van der Waals surface area contributed by atoms with Crippen LogP contribution in [0.3, 0.4) is 0 Å². The number of nitrogens with zero attached hydrogens (tertiary/aromatic N) is 2. The lowest BCUT2D eigenvalue weighted by molar-refractivity contribution is -0.127. The maximum Gasteiger partial charge on any atom is 0.410 e. The van der Waals surface area contributed by atoms with Crippen LogP contribution in [-0.2, 0) is 9.53 Å². The second-order valence-electron chi connectivity index (χ2n) is 6.70. The maximum absolute atomic E-state index is 13.6. The predicted molar refractivity (Wildman–Crippen MR) is 92.2 cm³/mol. The SMILES string of the molecule is CCC1COC(=O)N1C1CCN(C(=O)C=Cc2ccc(F)c(F)c2F)CC1. The molecule has 146 valence electrons. The average Bonchev–Trinajstić information content (AvgIpc) is 3.06. The second-order valence-corrected chi connectivity index (χ2v) is 6.70. The average molecular weight is 382 g/mol. The van der Waals surface area contributed by atoms with Crippen molar-refractivity contribution in [1.29, 1.82) is 0 Å². The van der Waals surface area contributed by atoms with Crippen molar-refractivity contribution in [3.63, 3.8) is 0 Å². The summed E-state index contributed by atoms with van der Waals surface area (Å²) >= 11 is 0. The highest BCUT2D eigenvalue weighted by Gasteiger charge is 2.38. The number of carbonyl (C=O) groups is 2. The van der Waals surface area contributed by atoms with E-state index in [1.807, 2.05) is 6.92 Å². The van der Waals surface area contributed by atoms with E-state index < -0.39 is 17.5 Å². The third-order valence-electron chi connectivity index (χ3n) is 5.11. The van der Waals surface area contributed by atoms with Crippen molar-refractivity contribution in [2.75, 3.05) is 19.7 Å². The van der Waals surface area contributed by atoms with Crippen LogP contribution in [0.1, 0.15) is 31.7 Å². The first kappa shape index (κ1) is 19.3. The van der Waals surface area contributed by atoms with Gasteiger partial charge in [-0.1, -0.05) is 6.92 Å². The number of likely N-dealkylation sites (tertiary alicyclic amines) is 1. The summed E-state index contributed by atoms with van der Waals surface area (Å²) < 4.78 is 44.9. The lowest BCUT2D eigenvalue weighted by Gasteiger charge is -2.37. The van der Waals surface area contributed by atoms with Gasteiger partial charge in [-0.05, 0) is 37.5 Å². The van der Waals surface area contributed by atoms with E-state index in [0.717, 1.165) is 30.7 Å². The van der Waals surface area contributed by atoms with Gasteiger partial charge in [0.2, 0.25) is 5.91 Å². The van der Waals surface area contributed by atoms with Crippen molar-refractivity contribution in [2.24, 2.45) is 0 Å². The first-order valence-corrected chi connectivity index (χ1v) is 8.98. The van der Waals surface area contributed by atoms with Crippen LogP contribution in [0.4, 0.5) is 18.0 Å². The minimum absolute atomic E-state index is 0.0293. The molecule has 0 N–H and O–H groups in total. The highest BCUT2D eigenvalue weighted by Crippen LogP contribution is 2.25. The minimum atomic E-state index is -1.56. The molecule has 0 aliphatic carbocycles. The minimum Gasteiger partial charge on any atom is -0.447 e. The number of benzene rings is 1. The molecule has 1 atom stereocenters. The van der Waals surface area contributed by atoms with Gasteiger partial charge >= 0.3 is 6.09 Å². The van der Waals surface area contributed by atoms with Gasteiger partial charge in [0, 0.05) is 30.8 Å². The Morgan fingerprint density at radius 3 is 2.59 bits per heavy atom. The summed E-state index contributed by atoms with van der Waals surface area (Å²) in [6.07, 6.45) is 4.05. The topological polar surface area (TPSA) is 49.9 Å². The van der Waals surface area contributed by atoms with Crippen LogP contribution in [-0.4, -0.2) is 53.6 Å². The zero-order valence-corrected chi connectivity index (χ0v) is 15.0. The molecule has 1 aromatic carbocycles. The van der Waals surface area contributed by atoms with E-state index in [1.54, 1.807) is 9.80 Å². The Morgan fingerprint density at radius 2 is 1.93 bits per heavy atom. The van der Waals surface area contributed by atoms with Crippen LogP contribution in [0, 0.1) is 17.5 Å². The van der Waals surface area contributed by atoms with Gasteiger partial charge in [0.05, 0.1) is 6.04 Å². The van der Waals surface area contributed by atoms with Gasteiger partial charge in [0.15, 0.2) is 17.5 Å². The molecular formula is C19H21F3N2O3. The van der Waals surface area contributed by atoms with Crippen molar-refractivity contribution in [3.05, 3.63) is 41.2 Å². The Balaban J connectivity index is 1.59. The van der Waals surface area contributed by atoms with Gasteiger partial charge in [0.25, 0.3) is 0 Å². The first-order chi connectivity index (χ1) is 12.9. The molecule has 0 aromatic heterocycles. The number of amides is 2. The third kappa shape index (κ3) is 3.94. The Hall–Kier alpha value is -2.51. The molecular weight excluding hydrogens is 361 g/mol. The summed E-state index contributed by atoms with van der Waals surface area (Å²) in [5, 5.41) is 0. The fourth-order valence-electron chi connectivity index (χ4n) is 3.53. The summed E-state index contributed by atoms with van der Waals surface area (Å²) in [5.74, 6) is -4.50. The van der Waals surface area contributed by atoms with Crippen LogP contribution in [0.25, 0.3) is 6.08 Å². The molecule has 27 heavy (non-hydrogen) atoms. The molecule has 2 amide bonds.